The molecule has 2 aromatic heterocycles. The first kappa shape index (κ1) is 13.1. The Hall–Kier alpha value is -1.86. The highest BCUT2D eigenvalue weighted by Gasteiger charge is 2.20. The van der Waals surface area contributed by atoms with Gasteiger partial charge in [-0.3, -0.25) is 4.40 Å². The van der Waals surface area contributed by atoms with Crippen LogP contribution in [0.3, 0.4) is 0 Å². The minimum absolute atomic E-state index is 0.440. The molecule has 1 aliphatic heterocycles. The maximum absolute atomic E-state index is 5.90. The highest BCUT2D eigenvalue weighted by atomic mass is 16.5. The summed E-state index contributed by atoms with van der Waals surface area (Å²) in [6.07, 6.45) is 9.03. The zero-order chi connectivity index (χ0) is 13.9. The third kappa shape index (κ3) is 2.54. The van der Waals surface area contributed by atoms with Gasteiger partial charge in [0.1, 0.15) is 6.61 Å². The summed E-state index contributed by atoms with van der Waals surface area (Å²) in [6.45, 7) is 1.75. The van der Waals surface area contributed by atoms with Gasteiger partial charge in [0, 0.05) is 18.4 Å². The molecule has 1 atom stereocenters. The van der Waals surface area contributed by atoms with E-state index in [0.29, 0.717) is 30.0 Å². The number of hydrogen-bond donors (Lipinski definition) is 2. The number of fused-ring (bicyclic) bond motifs is 1. The minimum Gasteiger partial charge on any atom is -0.473 e. The summed E-state index contributed by atoms with van der Waals surface area (Å²) in [5, 5.41) is 0. The molecular formula is C13H20N6O. The van der Waals surface area contributed by atoms with Crippen LogP contribution in [0.1, 0.15) is 19.3 Å². The molecule has 0 amide bonds. The molecule has 3 heterocycles. The lowest BCUT2D eigenvalue weighted by Gasteiger charge is -2.31. The van der Waals surface area contributed by atoms with E-state index < -0.39 is 0 Å². The van der Waals surface area contributed by atoms with Crippen LogP contribution in [0.5, 0.6) is 5.88 Å². The Morgan fingerprint density at radius 3 is 3.20 bits per heavy atom. The number of aromatic nitrogens is 3. The molecule has 1 unspecified atom stereocenters. The molecule has 0 bridgehead atoms. The van der Waals surface area contributed by atoms with Crippen molar-refractivity contribution in [3.8, 4) is 5.88 Å². The average molecular weight is 276 g/mol. The number of ether oxygens (including phenoxy) is 1. The number of hydrazine groups is 1. The van der Waals surface area contributed by atoms with Gasteiger partial charge in [-0.05, 0) is 26.4 Å². The molecule has 0 aliphatic carbocycles. The van der Waals surface area contributed by atoms with Crippen molar-refractivity contribution in [1.82, 2.24) is 19.3 Å². The van der Waals surface area contributed by atoms with Crippen LogP contribution < -0.4 is 16.0 Å². The summed E-state index contributed by atoms with van der Waals surface area (Å²) >= 11 is 0. The smallest absolute Gasteiger partial charge is 0.260 e. The van der Waals surface area contributed by atoms with Gasteiger partial charge in [-0.2, -0.15) is 4.98 Å². The molecule has 2 aromatic rings. The maximum Gasteiger partial charge on any atom is 0.260 e. The molecule has 0 saturated carbocycles. The summed E-state index contributed by atoms with van der Waals surface area (Å²) in [6, 6.07) is 0.440. The SMILES string of the molecule is CN1CCCCC1COc1nc(NN)cn2ccnc12. The molecule has 0 spiro atoms. The van der Waals surface area contributed by atoms with E-state index in [2.05, 4.69) is 27.3 Å². The number of nitrogens with two attached hydrogens (primary N) is 1. The van der Waals surface area contributed by atoms with Crippen LogP contribution in [0.4, 0.5) is 5.82 Å². The molecule has 3 N–H and O–H groups in total. The quantitative estimate of drug-likeness (QED) is 0.637. The molecule has 0 radical (unpaired) electrons. The van der Waals surface area contributed by atoms with E-state index in [1.165, 1.54) is 12.8 Å². The first-order valence-electron chi connectivity index (χ1n) is 6.91. The molecule has 7 heteroatoms. The Balaban J connectivity index is 1.77. The van der Waals surface area contributed by atoms with Crippen LogP contribution in [-0.4, -0.2) is 45.5 Å². The average Bonchev–Trinajstić information content (AvgIpc) is 2.94. The second-order valence-electron chi connectivity index (χ2n) is 5.17. The molecule has 1 saturated heterocycles. The minimum atomic E-state index is 0.440. The fourth-order valence-corrected chi connectivity index (χ4v) is 2.60. The fourth-order valence-electron chi connectivity index (χ4n) is 2.60. The maximum atomic E-state index is 5.90. The number of hydrogen-bond acceptors (Lipinski definition) is 6. The Kier molecular flexibility index (Phi) is 3.70. The van der Waals surface area contributed by atoms with Gasteiger partial charge in [-0.15, -0.1) is 0 Å². The summed E-state index contributed by atoms with van der Waals surface area (Å²) in [5.41, 5.74) is 3.26. The summed E-state index contributed by atoms with van der Waals surface area (Å²) in [7, 11) is 2.14. The van der Waals surface area contributed by atoms with E-state index in [0.717, 1.165) is 13.0 Å². The number of likely N-dealkylation sites (tertiary alicyclic amines) is 1. The van der Waals surface area contributed by atoms with Gasteiger partial charge in [-0.25, -0.2) is 10.8 Å². The predicted molar refractivity (Wildman–Crippen MR) is 76.6 cm³/mol. The van der Waals surface area contributed by atoms with Crippen molar-refractivity contribution in [2.45, 2.75) is 25.3 Å². The third-order valence-electron chi connectivity index (χ3n) is 3.83. The van der Waals surface area contributed by atoms with Crippen molar-refractivity contribution in [3.63, 3.8) is 0 Å². The lowest BCUT2D eigenvalue weighted by atomic mass is 10.0. The van der Waals surface area contributed by atoms with E-state index in [4.69, 9.17) is 10.6 Å². The first-order valence-corrected chi connectivity index (χ1v) is 6.91. The van der Waals surface area contributed by atoms with E-state index in [9.17, 15) is 0 Å². The van der Waals surface area contributed by atoms with Crippen LogP contribution in [0.2, 0.25) is 0 Å². The Morgan fingerprint density at radius 2 is 2.40 bits per heavy atom. The molecule has 1 aliphatic rings. The van der Waals surface area contributed by atoms with Gasteiger partial charge in [0.15, 0.2) is 5.82 Å². The number of imidazole rings is 1. The lowest BCUT2D eigenvalue weighted by molar-refractivity contribution is 0.123. The normalized spacial score (nSPS) is 20.2. The van der Waals surface area contributed by atoms with Crippen LogP contribution >= 0.6 is 0 Å². The number of nitrogens with one attached hydrogen (secondary N) is 1. The molecule has 1 fully saturated rings. The highest BCUT2D eigenvalue weighted by Crippen LogP contribution is 2.20. The molecule has 3 rings (SSSR count). The van der Waals surface area contributed by atoms with E-state index in [1.54, 1.807) is 12.4 Å². The number of rotatable bonds is 4. The van der Waals surface area contributed by atoms with Crippen LogP contribution in [0.25, 0.3) is 5.65 Å². The zero-order valence-corrected chi connectivity index (χ0v) is 11.6. The number of nitrogen functional groups attached to an aromatic ring is 1. The van der Waals surface area contributed by atoms with Crippen molar-refractivity contribution < 1.29 is 4.74 Å². The summed E-state index contributed by atoms with van der Waals surface area (Å²) in [4.78, 5) is 11.0. The fraction of sp³-hybridized carbons (Fsp3) is 0.538. The van der Waals surface area contributed by atoms with Gasteiger partial charge in [0.2, 0.25) is 5.65 Å². The van der Waals surface area contributed by atoms with Crippen LogP contribution in [0, 0.1) is 0 Å². The number of nitrogens with zero attached hydrogens (tertiary/aromatic N) is 4. The van der Waals surface area contributed by atoms with Crippen molar-refractivity contribution in [3.05, 3.63) is 18.6 Å². The van der Waals surface area contributed by atoms with Crippen molar-refractivity contribution in [2.75, 3.05) is 25.6 Å². The number of likely N-dealkylation sites (N-methyl/N-ethyl adjacent to an activating group) is 1. The molecular weight excluding hydrogens is 256 g/mol. The largest absolute Gasteiger partial charge is 0.473 e. The van der Waals surface area contributed by atoms with Gasteiger partial charge in [-0.1, -0.05) is 6.42 Å². The molecule has 20 heavy (non-hydrogen) atoms. The monoisotopic (exact) mass is 276 g/mol. The van der Waals surface area contributed by atoms with Gasteiger partial charge in [0.05, 0.1) is 6.20 Å². The van der Waals surface area contributed by atoms with Crippen molar-refractivity contribution in [1.29, 1.82) is 0 Å². The number of piperidine rings is 1. The van der Waals surface area contributed by atoms with Crippen LogP contribution in [-0.2, 0) is 0 Å². The molecule has 108 valence electrons. The second kappa shape index (κ2) is 5.64. The zero-order valence-electron chi connectivity index (χ0n) is 11.6. The summed E-state index contributed by atoms with van der Waals surface area (Å²) < 4.78 is 7.75. The van der Waals surface area contributed by atoms with E-state index in [1.807, 2.05) is 10.6 Å². The number of anilines is 1. The molecule has 7 nitrogen and oxygen atoms in total. The molecule has 0 aromatic carbocycles. The van der Waals surface area contributed by atoms with Gasteiger partial charge >= 0.3 is 0 Å². The van der Waals surface area contributed by atoms with E-state index >= 15 is 0 Å². The Bertz CT molecular complexity index is 583. The lowest BCUT2D eigenvalue weighted by Crippen LogP contribution is -2.40. The second-order valence-corrected chi connectivity index (χ2v) is 5.17. The Labute approximate surface area is 117 Å². The van der Waals surface area contributed by atoms with Crippen molar-refractivity contribution >= 4 is 11.5 Å². The van der Waals surface area contributed by atoms with E-state index in [-0.39, 0.29) is 0 Å². The standard InChI is InChI=1S/C13H20N6O/c1-18-6-3-2-4-10(18)9-20-13-12-15-5-7-19(12)8-11(16-13)17-14/h5,7-8,10,17H,2-4,6,9,14H2,1H3. The van der Waals surface area contributed by atoms with Crippen LogP contribution in [0.15, 0.2) is 18.6 Å². The third-order valence-corrected chi connectivity index (χ3v) is 3.83. The summed E-state index contributed by atoms with van der Waals surface area (Å²) in [5.74, 6) is 6.51. The highest BCUT2D eigenvalue weighted by molar-refractivity contribution is 5.53. The van der Waals surface area contributed by atoms with Gasteiger partial charge in [0.25, 0.3) is 5.88 Å². The predicted octanol–water partition coefficient (Wildman–Crippen LogP) is 0.878. The van der Waals surface area contributed by atoms with Crippen molar-refractivity contribution in [2.24, 2.45) is 5.84 Å². The first-order chi connectivity index (χ1) is 9.78. The Morgan fingerprint density at radius 1 is 1.50 bits per heavy atom. The topological polar surface area (TPSA) is 80.7 Å². The van der Waals surface area contributed by atoms with Gasteiger partial charge < -0.3 is 15.1 Å².